The third-order valence-corrected chi connectivity index (χ3v) is 1.60. The van der Waals surface area contributed by atoms with Crippen LogP contribution in [-0.2, 0) is 0 Å². The molecule has 0 amide bonds. The summed E-state index contributed by atoms with van der Waals surface area (Å²) in [5.41, 5.74) is 0. The minimum absolute atomic E-state index is 0.525. The molecule has 48 valence electrons. The fraction of sp³-hybridized carbons (Fsp3) is 0.667. The highest BCUT2D eigenvalue weighted by Gasteiger charge is 1.92. The largest absolute Gasteiger partial charge is 0.516 e. The van der Waals surface area contributed by atoms with Crippen molar-refractivity contribution in [2.24, 2.45) is 5.92 Å². The molecule has 0 aliphatic rings. The smallest absolute Gasteiger partial charge is 0.0754 e. The quantitative estimate of drug-likeness (QED) is 0.445. The van der Waals surface area contributed by atoms with E-state index in [4.69, 9.17) is 5.11 Å². The van der Waals surface area contributed by atoms with Crippen molar-refractivity contribution in [2.75, 3.05) is 4.43 Å². The van der Waals surface area contributed by atoms with E-state index >= 15 is 0 Å². The molecular weight excluding hydrogens is 215 g/mol. The van der Waals surface area contributed by atoms with Gasteiger partial charge in [-0.15, -0.1) is 0 Å². The number of allylic oxidation sites excluding steroid dienone is 1. The van der Waals surface area contributed by atoms with Crippen molar-refractivity contribution in [3.63, 3.8) is 0 Å². The maximum absolute atomic E-state index is 8.28. The highest BCUT2D eigenvalue weighted by atomic mass is 127. The molecule has 0 aromatic heterocycles. The second-order valence-corrected chi connectivity index (χ2v) is 2.88. The summed E-state index contributed by atoms with van der Waals surface area (Å²) >= 11 is 2.33. The van der Waals surface area contributed by atoms with E-state index in [-0.39, 0.29) is 0 Å². The Bertz CT molecular complexity index is 70.9. The van der Waals surface area contributed by atoms with Gasteiger partial charge in [-0.05, 0) is 18.4 Å². The van der Waals surface area contributed by atoms with Gasteiger partial charge in [-0.1, -0.05) is 29.5 Å². The molecule has 0 bridgehead atoms. The number of rotatable bonds is 3. The molecule has 0 spiro atoms. The van der Waals surface area contributed by atoms with Crippen molar-refractivity contribution in [2.45, 2.75) is 13.3 Å². The van der Waals surface area contributed by atoms with E-state index in [2.05, 4.69) is 29.5 Å². The van der Waals surface area contributed by atoms with Crippen molar-refractivity contribution in [3.8, 4) is 0 Å². The van der Waals surface area contributed by atoms with Gasteiger partial charge in [0.05, 0.1) is 6.26 Å². The monoisotopic (exact) mass is 226 g/mol. The number of hydrogen-bond acceptors (Lipinski definition) is 1. The van der Waals surface area contributed by atoms with E-state index in [0.29, 0.717) is 5.92 Å². The normalized spacial score (nSPS) is 14.8. The van der Waals surface area contributed by atoms with Gasteiger partial charge in [0.15, 0.2) is 0 Å². The van der Waals surface area contributed by atoms with Crippen LogP contribution in [0, 0.1) is 5.92 Å². The summed E-state index contributed by atoms with van der Waals surface area (Å²) < 4.78 is 1.16. The van der Waals surface area contributed by atoms with Gasteiger partial charge >= 0.3 is 0 Å². The van der Waals surface area contributed by atoms with Crippen LogP contribution in [0.15, 0.2) is 12.3 Å². The van der Waals surface area contributed by atoms with E-state index in [1.165, 1.54) is 0 Å². The second-order valence-electron chi connectivity index (χ2n) is 1.80. The zero-order chi connectivity index (χ0) is 6.41. The molecule has 8 heavy (non-hydrogen) atoms. The molecule has 1 atom stereocenters. The Morgan fingerprint density at radius 2 is 2.38 bits per heavy atom. The van der Waals surface area contributed by atoms with Crippen LogP contribution >= 0.6 is 22.6 Å². The lowest BCUT2D eigenvalue weighted by atomic mass is 10.1. The van der Waals surface area contributed by atoms with Crippen molar-refractivity contribution in [1.82, 2.24) is 0 Å². The predicted molar refractivity (Wildman–Crippen MR) is 44.4 cm³/mol. The molecule has 1 N–H and O–H groups in total. The van der Waals surface area contributed by atoms with E-state index in [1.54, 1.807) is 6.08 Å². The maximum atomic E-state index is 8.28. The number of halogens is 1. The van der Waals surface area contributed by atoms with Crippen molar-refractivity contribution in [1.29, 1.82) is 0 Å². The Morgan fingerprint density at radius 3 is 2.75 bits per heavy atom. The van der Waals surface area contributed by atoms with Gasteiger partial charge in [0.25, 0.3) is 0 Å². The van der Waals surface area contributed by atoms with Crippen LogP contribution in [0.25, 0.3) is 0 Å². The first kappa shape index (κ1) is 8.27. The van der Waals surface area contributed by atoms with E-state index in [1.807, 2.05) is 0 Å². The van der Waals surface area contributed by atoms with Crippen LogP contribution in [-0.4, -0.2) is 9.53 Å². The summed E-state index contributed by atoms with van der Waals surface area (Å²) in [7, 11) is 0. The van der Waals surface area contributed by atoms with Crippen molar-refractivity contribution >= 4 is 22.6 Å². The highest BCUT2D eigenvalue weighted by molar-refractivity contribution is 14.1. The van der Waals surface area contributed by atoms with Crippen molar-refractivity contribution in [3.05, 3.63) is 12.3 Å². The number of aliphatic hydroxyl groups excluding tert-OH is 1. The predicted octanol–water partition coefficient (Wildman–Crippen LogP) is 2.52. The molecule has 0 radical (unpaired) electrons. The lowest BCUT2D eigenvalue weighted by Crippen LogP contribution is -1.88. The Hall–Kier alpha value is 0.270. The van der Waals surface area contributed by atoms with Crippen molar-refractivity contribution < 1.29 is 5.11 Å². The summed E-state index contributed by atoms with van der Waals surface area (Å²) in [6.45, 7) is 2.09. The molecule has 0 heterocycles. The van der Waals surface area contributed by atoms with Gasteiger partial charge in [0, 0.05) is 4.43 Å². The van der Waals surface area contributed by atoms with Crippen LogP contribution < -0.4 is 0 Å². The molecule has 1 unspecified atom stereocenters. The number of alkyl halides is 1. The number of hydrogen-bond donors (Lipinski definition) is 1. The lowest BCUT2D eigenvalue weighted by molar-refractivity contribution is 0.465. The van der Waals surface area contributed by atoms with Gasteiger partial charge in [-0.3, -0.25) is 0 Å². The molecule has 0 aromatic carbocycles. The van der Waals surface area contributed by atoms with E-state index in [0.717, 1.165) is 17.1 Å². The van der Waals surface area contributed by atoms with Gasteiger partial charge in [0.2, 0.25) is 0 Å². The van der Waals surface area contributed by atoms with Crippen LogP contribution in [0.5, 0.6) is 0 Å². The van der Waals surface area contributed by atoms with Gasteiger partial charge in [-0.2, -0.15) is 0 Å². The lowest BCUT2D eigenvalue weighted by Gasteiger charge is -1.98. The Kier molecular flexibility index (Phi) is 5.59. The van der Waals surface area contributed by atoms with Gasteiger partial charge in [-0.25, -0.2) is 0 Å². The third kappa shape index (κ3) is 4.43. The first-order chi connectivity index (χ1) is 3.81. The van der Waals surface area contributed by atoms with Gasteiger partial charge in [0.1, 0.15) is 0 Å². The zero-order valence-electron chi connectivity index (χ0n) is 4.97. The molecule has 0 fully saturated rings. The third-order valence-electron chi connectivity index (χ3n) is 0.979. The average Bonchev–Trinajstić information content (AvgIpc) is 1.68. The molecule has 0 aliphatic heterocycles. The minimum Gasteiger partial charge on any atom is -0.516 e. The fourth-order valence-corrected chi connectivity index (χ4v) is 1.40. The fourth-order valence-electron chi connectivity index (χ4n) is 0.415. The zero-order valence-corrected chi connectivity index (χ0v) is 7.13. The highest BCUT2D eigenvalue weighted by Crippen LogP contribution is 2.04. The first-order valence-corrected chi connectivity index (χ1v) is 4.20. The summed E-state index contributed by atoms with van der Waals surface area (Å²) in [6.07, 6.45) is 4.08. The molecule has 0 aromatic rings. The molecule has 0 saturated heterocycles. The Balaban J connectivity index is 3.17. The Morgan fingerprint density at radius 1 is 1.75 bits per heavy atom. The maximum Gasteiger partial charge on any atom is 0.0754 e. The van der Waals surface area contributed by atoms with Crippen LogP contribution in [0.1, 0.15) is 13.3 Å². The van der Waals surface area contributed by atoms with Crippen LogP contribution in [0.3, 0.4) is 0 Å². The summed E-state index contributed by atoms with van der Waals surface area (Å²) in [6, 6.07) is 0. The Labute approximate surface area is 63.9 Å². The molecule has 1 nitrogen and oxygen atoms in total. The second kappa shape index (κ2) is 5.41. The van der Waals surface area contributed by atoms with E-state index in [9.17, 15) is 0 Å². The van der Waals surface area contributed by atoms with Gasteiger partial charge < -0.3 is 5.11 Å². The average molecular weight is 226 g/mol. The molecule has 0 aliphatic carbocycles. The first-order valence-electron chi connectivity index (χ1n) is 2.68. The topological polar surface area (TPSA) is 20.2 Å². The van der Waals surface area contributed by atoms with Crippen LogP contribution in [0.4, 0.5) is 0 Å². The number of aliphatic hydroxyl groups is 1. The summed E-state index contributed by atoms with van der Waals surface area (Å²) in [5, 5.41) is 8.28. The molecule has 0 rings (SSSR count). The SMILES string of the molecule is CC(C=CO)CCI. The molecular formula is C6H11IO. The molecule has 2 heteroatoms. The van der Waals surface area contributed by atoms with Crippen LogP contribution in [0.2, 0.25) is 0 Å². The summed E-state index contributed by atoms with van der Waals surface area (Å²) in [5.74, 6) is 0.525. The minimum atomic E-state index is 0.525. The summed E-state index contributed by atoms with van der Waals surface area (Å²) in [4.78, 5) is 0. The van der Waals surface area contributed by atoms with E-state index < -0.39 is 0 Å². The standard InChI is InChI=1S/C6H11IO/c1-6(2-4-7)3-5-8/h3,5-6,8H,2,4H2,1H3. The molecule has 0 saturated carbocycles.